The number of nitrogens with zero attached hydrogens (tertiary/aromatic N) is 1. The highest BCUT2D eigenvalue weighted by Gasteiger charge is 2.14. The monoisotopic (exact) mass is 325 g/mol. The van der Waals surface area contributed by atoms with Crippen LogP contribution in [0.25, 0.3) is 22.3 Å². The number of pyridine rings is 1. The van der Waals surface area contributed by atoms with E-state index in [0.717, 1.165) is 0 Å². The van der Waals surface area contributed by atoms with Gasteiger partial charge in [-0.15, -0.1) is 0 Å². The number of carboxylic acids is 1. The molecule has 0 saturated heterocycles. The van der Waals surface area contributed by atoms with Crippen molar-refractivity contribution in [3.8, 4) is 17.1 Å². The van der Waals surface area contributed by atoms with Crippen LogP contribution in [-0.4, -0.2) is 22.2 Å². The van der Waals surface area contributed by atoms with E-state index in [1.165, 1.54) is 24.3 Å². The van der Waals surface area contributed by atoms with Crippen LogP contribution < -0.4 is 10.2 Å². The number of hydrogen-bond donors (Lipinski definition) is 1. The molecule has 0 aliphatic heterocycles. The van der Waals surface area contributed by atoms with Crippen molar-refractivity contribution in [2.45, 2.75) is 20.0 Å². The summed E-state index contributed by atoms with van der Waals surface area (Å²) in [6.45, 7) is 3.79. The standard InChI is InChI=1S/C18H15NO5/c1-10(2)23-16-5-6-19-9-13(16)17-8-14(20)12-7-11(18(21)22)3-4-15(12)24-17/h3-10H,1-2H3,(H,21,22). The SMILES string of the molecule is CC(C)Oc1ccncc1-c1cc(=O)c2cc(C(=O)O)ccc2o1. The van der Waals surface area contributed by atoms with Gasteiger partial charge in [0.05, 0.1) is 22.6 Å². The quantitative estimate of drug-likeness (QED) is 0.791. The molecule has 6 heteroatoms. The highest BCUT2D eigenvalue weighted by atomic mass is 16.5. The van der Waals surface area contributed by atoms with E-state index in [-0.39, 0.29) is 22.5 Å². The Morgan fingerprint density at radius 2 is 2.04 bits per heavy atom. The molecule has 0 bridgehead atoms. The number of fused-ring (bicyclic) bond motifs is 1. The summed E-state index contributed by atoms with van der Waals surface area (Å²) in [5.74, 6) is -0.218. The summed E-state index contributed by atoms with van der Waals surface area (Å²) in [6.07, 6.45) is 3.11. The number of ether oxygens (including phenoxy) is 1. The lowest BCUT2D eigenvalue weighted by molar-refractivity contribution is 0.0697. The van der Waals surface area contributed by atoms with Crippen molar-refractivity contribution in [2.24, 2.45) is 0 Å². The van der Waals surface area contributed by atoms with Crippen LogP contribution in [0.2, 0.25) is 0 Å². The van der Waals surface area contributed by atoms with Crippen LogP contribution in [0.3, 0.4) is 0 Å². The van der Waals surface area contributed by atoms with Crippen molar-refractivity contribution in [2.75, 3.05) is 0 Å². The Morgan fingerprint density at radius 3 is 2.75 bits per heavy atom. The minimum absolute atomic E-state index is 0.0350. The molecule has 3 rings (SSSR count). The molecule has 0 atom stereocenters. The van der Waals surface area contributed by atoms with Gasteiger partial charge in [0.1, 0.15) is 17.1 Å². The third kappa shape index (κ3) is 2.99. The normalized spacial score (nSPS) is 11.0. The van der Waals surface area contributed by atoms with E-state index in [1.807, 2.05) is 13.8 Å². The maximum absolute atomic E-state index is 12.4. The predicted molar refractivity (Wildman–Crippen MR) is 88.4 cm³/mol. The lowest BCUT2D eigenvalue weighted by Gasteiger charge is -2.13. The molecule has 0 radical (unpaired) electrons. The van der Waals surface area contributed by atoms with Gasteiger partial charge in [-0.25, -0.2) is 4.79 Å². The third-order valence-electron chi connectivity index (χ3n) is 3.38. The molecule has 0 spiro atoms. The van der Waals surface area contributed by atoms with Crippen LogP contribution in [0, 0.1) is 0 Å². The smallest absolute Gasteiger partial charge is 0.335 e. The molecule has 1 N–H and O–H groups in total. The average Bonchev–Trinajstić information content (AvgIpc) is 2.54. The van der Waals surface area contributed by atoms with E-state index < -0.39 is 5.97 Å². The van der Waals surface area contributed by atoms with Crippen molar-refractivity contribution in [3.05, 3.63) is 58.5 Å². The van der Waals surface area contributed by atoms with Crippen LogP contribution in [0.15, 0.2) is 51.9 Å². The Hall–Kier alpha value is -3.15. The van der Waals surface area contributed by atoms with Crippen LogP contribution in [0.4, 0.5) is 0 Å². The fourth-order valence-corrected chi connectivity index (χ4v) is 2.35. The predicted octanol–water partition coefficient (Wildman–Crippen LogP) is 3.34. The lowest BCUT2D eigenvalue weighted by Crippen LogP contribution is -2.07. The van der Waals surface area contributed by atoms with Gasteiger partial charge in [0.2, 0.25) is 0 Å². The topological polar surface area (TPSA) is 89.6 Å². The van der Waals surface area contributed by atoms with E-state index in [9.17, 15) is 9.59 Å². The van der Waals surface area contributed by atoms with Gasteiger partial charge in [0.15, 0.2) is 5.43 Å². The summed E-state index contributed by atoms with van der Waals surface area (Å²) in [5, 5.41) is 9.25. The summed E-state index contributed by atoms with van der Waals surface area (Å²) in [6, 6.07) is 7.20. The molecular weight excluding hydrogens is 310 g/mol. The van der Waals surface area contributed by atoms with Gasteiger partial charge in [0, 0.05) is 18.5 Å². The number of rotatable bonds is 4. The first-order chi connectivity index (χ1) is 11.5. The second-order valence-electron chi connectivity index (χ2n) is 5.53. The fraction of sp³-hybridized carbons (Fsp3) is 0.167. The van der Waals surface area contributed by atoms with E-state index in [4.69, 9.17) is 14.3 Å². The van der Waals surface area contributed by atoms with Crippen LogP contribution in [0.5, 0.6) is 5.75 Å². The number of aromatic carboxylic acids is 1. The van der Waals surface area contributed by atoms with Crippen LogP contribution in [-0.2, 0) is 0 Å². The summed E-state index contributed by atoms with van der Waals surface area (Å²) >= 11 is 0. The van der Waals surface area contributed by atoms with Crippen LogP contribution in [0.1, 0.15) is 24.2 Å². The van der Waals surface area contributed by atoms with Gasteiger partial charge < -0.3 is 14.3 Å². The molecule has 6 nitrogen and oxygen atoms in total. The first-order valence-corrected chi connectivity index (χ1v) is 7.38. The van der Waals surface area contributed by atoms with Gasteiger partial charge in [-0.3, -0.25) is 9.78 Å². The Morgan fingerprint density at radius 1 is 1.25 bits per heavy atom. The largest absolute Gasteiger partial charge is 0.490 e. The van der Waals surface area contributed by atoms with Gasteiger partial charge in [-0.05, 0) is 38.1 Å². The second-order valence-corrected chi connectivity index (χ2v) is 5.53. The number of aromatic nitrogens is 1. The van der Waals surface area contributed by atoms with Gasteiger partial charge in [0.25, 0.3) is 0 Å². The van der Waals surface area contributed by atoms with E-state index in [0.29, 0.717) is 22.7 Å². The Kier molecular flexibility index (Phi) is 4.04. The van der Waals surface area contributed by atoms with E-state index in [2.05, 4.69) is 4.98 Å². The molecule has 0 fully saturated rings. The number of benzene rings is 1. The van der Waals surface area contributed by atoms with Crippen molar-refractivity contribution in [1.29, 1.82) is 0 Å². The van der Waals surface area contributed by atoms with Gasteiger partial charge >= 0.3 is 5.97 Å². The summed E-state index contributed by atoms with van der Waals surface area (Å²) in [4.78, 5) is 27.5. The summed E-state index contributed by atoms with van der Waals surface area (Å²) < 4.78 is 11.5. The number of carbonyl (C=O) groups is 1. The molecule has 0 unspecified atom stereocenters. The average molecular weight is 325 g/mol. The number of carboxylic acid groups (broad SMARTS) is 1. The first kappa shape index (κ1) is 15.7. The minimum Gasteiger partial charge on any atom is -0.490 e. The molecule has 1 aromatic carbocycles. The number of hydrogen-bond acceptors (Lipinski definition) is 5. The maximum atomic E-state index is 12.4. The third-order valence-corrected chi connectivity index (χ3v) is 3.38. The van der Waals surface area contributed by atoms with Crippen molar-refractivity contribution >= 4 is 16.9 Å². The molecule has 0 aliphatic carbocycles. The molecule has 2 aromatic heterocycles. The maximum Gasteiger partial charge on any atom is 0.335 e. The van der Waals surface area contributed by atoms with E-state index in [1.54, 1.807) is 18.5 Å². The molecule has 0 amide bonds. The molecule has 0 aliphatic rings. The molecule has 2 heterocycles. The van der Waals surface area contributed by atoms with Crippen molar-refractivity contribution in [1.82, 2.24) is 4.98 Å². The van der Waals surface area contributed by atoms with Gasteiger partial charge in [-0.2, -0.15) is 0 Å². The Balaban J connectivity index is 2.17. The minimum atomic E-state index is -1.10. The highest BCUT2D eigenvalue weighted by Crippen LogP contribution is 2.30. The zero-order chi connectivity index (χ0) is 17.3. The first-order valence-electron chi connectivity index (χ1n) is 7.38. The molecular formula is C18H15NO5. The molecule has 0 saturated carbocycles. The Labute approximate surface area is 137 Å². The zero-order valence-corrected chi connectivity index (χ0v) is 13.1. The lowest BCUT2D eigenvalue weighted by atomic mass is 10.1. The molecule has 24 heavy (non-hydrogen) atoms. The van der Waals surface area contributed by atoms with Crippen molar-refractivity contribution in [3.63, 3.8) is 0 Å². The summed E-state index contributed by atoms with van der Waals surface area (Å²) in [7, 11) is 0. The van der Waals surface area contributed by atoms with E-state index >= 15 is 0 Å². The van der Waals surface area contributed by atoms with Crippen molar-refractivity contribution < 1.29 is 19.1 Å². The molecule has 3 aromatic rings. The van der Waals surface area contributed by atoms with Gasteiger partial charge in [-0.1, -0.05) is 0 Å². The highest BCUT2D eigenvalue weighted by molar-refractivity contribution is 5.93. The Bertz CT molecular complexity index is 975. The molecule has 122 valence electrons. The summed E-state index contributed by atoms with van der Waals surface area (Å²) in [5.41, 5.74) is 0.579. The fourth-order valence-electron chi connectivity index (χ4n) is 2.35. The zero-order valence-electron chi connectivity index (χ0n) is 13.1. The van der Waals surface area contributed by atoms with Crippen LogP contribution >= 0.6 is 0 Å². The second kappa shape index (κ2) is 6.16.